The van der Waals surface area contributed by atoms with Crippen molar-refractivity contribution in [2.45, 2.75) is 33.1 Å². The Hall–Kier alpha value is -0.190. The fraction of sp³-hybridized carbons (Fsp3) is 0.643. The molecule has 1 unspecified atom stereocenters. The Kier molecular flexibility index (Phi) is 4.62. The first kappa shape index (κ1) is 14.2. The molecule has 100 valence electrons. The SMILES string of the molecule is CC(C)(C(=O)Cc1cc(Br)cs1)C1CCCNC1. The molecule has 0 amide bonds. The van der Waals surface area contributed by atoms with E-state index in [9.17, 15) is 4.79 Å². The van der Waals surface area contributed by atoms with Gasteiger partial charge in [-0.05, 0) is 53.8 Å². The molecule has 1 aromatic heterocycles. The lowest BCUT2D eigenvalue weighted by Crippen LogP contribution is -2.43. The van der Waals surface area contributed by atoms with Crippen LogP contribution in [0, 0.1) is 11.3 Å². The van der Waals surface area contributed by atoms with Crippen molar-refractivity contribution in [3.05, 3.63) is 20.8 Å². The third-order valence-corrected chi connectivity index (χ3v) is 5.69. The van der Waals surface area contributed by atoms with E-state index in [-0.39, 0.29) is 5.41 Å². The Morgan fingerprint density at radius 2 is 2.39 bits per heavy atom. The molecule has 2 rings (SSSR count). The predicted octanol–water partition coefficient (Wildman–Crippen LogP) is 3.65. The molecule has 0 saturated carbocycles. The number of rotatable bonds is 4. The molecule has 2 heterocycles. The molecule has 1 atom stereocenters. The smallest absolute Gasteiger partial charge is 0.143 e. The van der Waals surface area contributed by atoms with Crippen molar-refractivity contribution in [2.75, 3.05) is 13.1 Å². The largest absolute Gasteiger partial charge is 0.316 e. The number of halogens is 1. The maximum Gasteiger partial charge on any atom is 0.143 e. The molecule has 0 spiro atoms. The van der Waals surface area contributed by atoms with Crippen LogP contribution >= 0.6 is 27.3 Å². The van der Waals surface area contributed by atoms with Gasteiger partial charge in [0.2, 0.25) is 0 Å². The lowest BCUT2D eigenvalue weighted by molar-refractivity contribution is -0.129. The summed E-state index contributed by atoms with van der Waals surface area (Å²) in [5, 5.41) is 5.45. The van der Waals surface area contributed by atoms with Crippen LogP contribution in [0.25, 0.3) is 0 Å². The number of thiophene rings is 1. The molecular weight excluding hydrogens is 310 g/mol. The first-order valence-electron chi connectivity index (χ1n) is 6.47. The summed E-state index contributed by atoms with van der Waals surface area (Å²) >= 11 is 5.10. The Morgan fingerprint density at radius 1 is 1.61 bits per heavy atom. The second kappa shape index (κ2) is 5.85. The topological polar surface area (TPSA) is 29.1 Å². The summed E-state index contributed by atoms with van der Waals surface area (Å²) in [6.45, 7) is 6.29. The third-order valence-electron chi connectivity index (χ3n) is 3.99. The van der Waals surface area contributed by atoms with Crippen LogP contribution in [0.4, 0.5) is 0 Å². The number of carbonyl (C=O) groups excluding carboxylic acids is 1. The second-order valence-electron chi connectivity index (χ2n) is 5.60. The molecule has 2 nitrogen and oxygen atoms in total. The Morgan fingerprint density at radius 3 is 2.94 bits per heavy atom. The van der Waals surface area contributed by atoms with Gasteiger partial charge in [0.05, 0.1) is 0 Å². The van der Waals surface area contributed by atoms with Crippen molar-refractivity contribution in [2.24, 2.45) is 11.3 Å². The van der Waals surface area contributed by atoms with E-state index in [0.717, 1.165) is 22.4 Å². The molecule has 0 bridgehead atoms. The van der Waals surface area contributed by atoms with Crippen molar-refractivity contribution >= 4 is 33.0 Å². The summed E-state index contributed by atoms with van der Waals surface area (Å²) in [7, 11) is 0. The minimum Gasteiger partial charge on any atom is -0.316 e. The first-order valence-corrected chi connectivity index (χ1v) is 8.14. The molecule has 1 aliphatic rings. The van der Waals surface area contributed by atoms with Gasteiger partial charge >= 0.3 is 0 Å². The standard InChI is InChI=1S/C14H20BrNOS/c1-14(2,10-4-3-5-16-8-10)13(17)7-12-6-11(15)9-18-12/h6,9-10,16H,3-5,7-8H2,1-2H3. The summed E-state index contributed by atoms with van der Waals surface area (Å²) in [4.78, 5) is 13.7. The quantitative estimate of drug-likeness (QED) is 0.913. The summed E-state index contributed by atoms with van der Waals surface area (Å²) in [6, 6.07) is 2.05. The van der Waals surface area contributed by atoms with Crippen LogP contribution in [0.15, 0.2) is 15.9 Å². The van der Waals surface area contributed by atoms with Crippen LogP contribution in [-0.2, 0) is 11.2 Å². The maximum atomic E-state index is 12.5. The molecular formula is C14H20BrNOS. The molecule has 1 aromatic rings. The maximum absolute atomic E-state index is 12.5. The van der Waals surface area contributed by atoms with Crippen LogP contribution in [0.2, 0.25) is 0 Å². The average molecular weight is 330 g/mol. The van der Waals surface area contributed by atoms with E-state index in [4.69, 9.17) is 0 Å². The molecule has 1 fully saturated rings. The zero-order valence-corrected chi connectivity index (χ0v) is 13.4. The van der Waals surface area contributed by atoms with Crippen LogP contribution < -0.4 is 5.32 Å². The normalized spacial score (nSPS) is 20.9. The van der Waals surface area contributed by atoms with Crippen LogP contribution in [-0.4, -0.2) is 18.9 Å². The molecule has 1 saturated heterocycles. The number of Topliss-reactive ketones (excluding diaryl/α,β-unsaturated/α-hetero) is 1. The number of piperidine rings is 1. The molecule has 0 aliphatic carbocycles. The van der Waals surface area contributed by atoms with Crippen molar-refractivity contribution in [1.82, 2.24) is 5.32 Å². The highest BCUT2D eigenvalue weighted by Gasteiger charge is 2.36. The highest BCUT2D eigenvalue weighted by molar-refractivity contribution is 9.10. The van der Waals surface area contributed by atoms with Gasteiger partial charge in [0.1, 0.15) is 5.78 Å². The molecule has 0 aromatic carbocycles. The van der Waals surface area contributed by atoms with Crippen LogP contribution in [0.5, 0.6) is 0 Å². The van der Waals surface area contributed by atoms with E-state index < -0.39 is 0 Å². The number of carbonyl (C=O) groups is 1. The summed E-state index contributed by atoms with van der Waals surface area (Å²) < 4.78 is 1.08. The van der Waals surface area contributed by atoms with E-state index in [1.165, 1.54) is 12.8 Å². The van der Waals surface area contributed by atoms with Crippen molar-refractivity contribution in [1.29, 1.82) is 0 Å². The zero-order chi connectivity index (χ0) is 13.2. The highest BCUT2D eigenvalue weighted by atomic mass is 79.9. The highest BCUT2D eigenvalue weighted by Crippen LogP contribution is 2.34. The van der Waals surface area contributed by atoms with E-state index in [0.29, 0.717) is 18.1 Å². The van der Waals surface area contributed by atoms with Gasteiger partial charge in [-0.1, -0.05) is 13.8 Å². The average Bonchev–Trinajstić information content (AvgIpc) is 2.76. The summed E-state index contributed by atoms with van der Waals surface area (Å²) in [5.41, 5.74) is -0.218. The fourth-order valence-electron chi connectivity index (χ4n) is 2.53. The third kappa shape index (κ3) is 3.22. The van der Waals surface area contributed by atoms with Crippen molar-refractivity contribution < 1.29 is 4.79 Å². The number of hydrogen-bond acceptors (Lipinski definition) is 3. The molecule has 18 heavy (non-hydrogen) atoms. The van der Waals surface area contributed by atoms with Gasteiger partial charge in [0, 0.05) is 26.6 Å². The number of ketones is 1. The van der Waals surface area contributed by atoms with Crippen molar-refractivity contribution in [3.8, 4) is 0 Å². The Balaban J connectivity index is 2.02. The van der Waals surface area contributed by atoms with Gasteiger partial charge < -0.3 is 5.32 Å². The van der Waals surface area contributed by atoms with Gasteiger partial charge in [-0.3, -0.25) is 4.79 Å². The van der Waals surface area contributed by atoms with E-state index in [2.05, 4.69) is 41.2 Å². The monoisotopic (exact) mass is 329 g/mol. The van der Waals surface area contributed by atoms with Gasteiger partial charge in [-0.25, -0.2) is 0 Å². The minimum absolute atomic E-state index is 0.218. The van der Waals surface area contributed by atoms with Crippen LogP contribution in [0.1, 0.15) is 31.6 Å². The summed E-state index contributed by atoms with van der Waals surface area (Å²) in [5.74, 6) is 0.840. The molecule has 1 N–H and O–H groups in total. The molecule has 4 heteroatoms. The minimum atomic E-state index is -0.218. The second-order valence-corrected chi connectivity index (χ2v) is 7.51. The Labute approximate surface area is 121 Å². The predicted molar refractivity (Wildman–Crippen MR) is 80.1 cm³/mol. The number of hydrogen-bond donors (Lipinski definition) is 1. The first-order chi connectivity index (χ1) is 8.50. The summed E-state index contributed by atoms with van der Waals surface area (Å²) in [6.07, 6.45) is 2.92. The van der Waals surface area contributed by atoms with Gasteiger partial charge in [0.25, 0.3) is 0 Å². The van der Waals surface area contributed by atoms with Gasteiger partial charge in [-0.2, -0.15) is 0 Å². The molecule has 1 aliphatic heterocycles. The van der Waals surface area contributed by atoms with Gasteiger partial charge in [-0.15, -0.1) is 11.3 Å². The van der Waals surface area contributed by atoms with E-state index >= 15 is 0 Å². The van der Waals surface area contributed by atoms with Gasteiger partial charge in [0.15, 0.2) is 0 Å². The lowest BCUT2D eigenvalue weighted by atomic mass is 9.71. The molecule has 0 radical (unpaired) electrons. The Bertz CT molecular complexity index is 421. The van der Waals surface area contributed by atoms with E-state index in [1.54, 1.807) is 11.3 Å². The van der Waals surface area contributed by atoms with Crippen LogP contribution in [0.3, 0.4) is 0 Å². The fourth-order valence-corrected chi connectivity index (χ4v) is 3.98. The number of nitrogens with one attached hydrogen (secondary N) is 1. The van der Waals surface area contributed by atoms with E-state index in [1.807, 2.05) is 5.38 Å². The van der Waals surface area contributed by atoms with Crippen molar-refractivity contribution in [3.63, 3.8) is 0 Å². The lowest BCUT2D eigenvalue weighted by Gasteiger charge is -2.36. The zero-order valence-electron chi connectivity index (χ0n) is 11.0.